The standard InChI is InChI=1S/C24H18N4O2S/c1-15-7-12-19-20(13-15)26-22(25-19)17-8-10-18(11-9-17)23-27-28-24(30-23)31-14-21(29)16-5-3-2-4-6-16/h2-13H,14H2,1H3,(H,25,26). The minimum atomic E-state index is 0.0238. The van der Waals surface area contributed by atoms with Gasteiger partial charge in [-0.1, -0.05) is 60.3 Å². The maximum atomic E-state index is 12.2. The van der Waals surface area contributed by atoms with Gasteiger partial charge in [0.05, 0.1) is 16.8 Å². The Morgan fingerprint density at radius 2 is 1.74 bits per heavy atom. The van der Waals surface area contributed by atoms with Crippen LogP contribution in [0, 0.1) is 6.92 Å². The van der Waals surface area contributed by atoms with Crippen molar-refractivity contribution >= 4 is 28.6 Å². The molecule has 0 unspecified atom stereocenters. The number of nitrogens with zero attached hydrogens (tertiary/aromatic N) is 3. The van der Waals surface area contributed by atoms with E-state index in [9.17, 15) is 4.79 Å². The molecule has 5 aromatic rings. The minimum absolute atomic E-state index is 0.0238. The van der Waals surface area contributed by atoms with Gasteiger partial charge < -0.3 is 9.40 Å². The lowest BCUT2D eigenvalue weighted by atomic mass is 10.1. The van der Waals surface area contributed by atoms with E-state index in [0.29, 0.717) is 16.7 Å². The topological polar surface area (TPSA) is 84.7 Å². The Hall–Kier alpha value is -3.71. The smallest absolute Gasteiger partial charge is 0.277 e. The largest absolute Gasteiger partial charge is 0.411 e. The number of carbonyl (C=O) groups is 1. The van der Waals surface area contributed by atoms with E-state index in [2.05, 4.69) is 39.2 Å². The van der Waals surface area contributed by atoms with Gasteiger partial charge in [-0.2, -0.15) is 0 Å². The second-order valence-electron chi connectivity index (χ2n) is 7.13. The lowest BCUT2D eigenvalue weighted by Gasteiger charge is -1.99. The van der Waals surface area contributed by atoms with Gasteiger partial charge >= 0.3 is 0 Å². The summed E-state index contributed by atoms with van der Waals surface area (Å²) in [6, 6.07) is 23.1. The first-order valence-corrected chi connectivity index (χ1v) is 10.8. The molecule has 0 saturated heterocycles. The van der Waals surface area contributed by atoms with Gasteiger partial charge in [-0.05, 0) is 36.8 Å². The Labute approximate surface area is 182 Å². The van der Waals surface area contributed by atoms with Gasteiger partial charge in [0.25, 0.3) is 5.22 Å². The fourth-order valence-corrected chi connectivity index (χ4v) is 3.91. The number of ketones is 1. The zero-order chi connectivity index (χ0) is 21.2. The average Bonchev–Trinajstić information content (AvgIpc) is 3.45. The molecule has 5 rings (SSSR count). The van der Waals surface area contributed by atoms with Crippen molar-refractivity contribution in [3.63, 3.8) is 0 Å². The number of hydrogen-bond donors (Lipinski definition) is 1. The molecule has 0 aliphatic carbocycles. The third-order valence-electron chi connectivity index (χ3n) is 4.87. The van der Waals surface area contributed by atoms with E-state index < -0.39 is 0 Å². The summed E-state index contributed by atoms with van der Waals surface area (Å²) < 4.78 is 5.73. The molecule has 0 saturated carbocycles. The summed E-state index contributed by atoms with van der Waals surface area (Å²) in [5.74, 6) is 1.50. The Balaban J connectivity index is 1.29. The third kappa shape index (κ3) is 4.13. The van der Waals surface area contributed by atoms with Crippen LogP contribution < -0.4 is 0 Å². The average molecular weight is 427 g/mol. The lowest BCUT2D eigenvalue weighted by molar-refractivity contribution is 0.102. The van der Waals surface area contributed by atoms with E-state index in [-0.39, 0.29) is 11.5 Å². The van der Waals surface area contributed by atoms with Crippen LogP contribution in [0.4, 0.5) is 0 Å². The summed E-state index contributed by atoms with van der Waals surface area (Å²) in [5, 5.41) is 8.53. The fraction of sp³-hybridized carbons (Fsp3) is 0.0833. The van der Waals surface area contributed by atoms with E-state index >= 15 is 0 Å². The summed E-state index contributed by atoms with van der Waals surface area (Å²) >= 11 is 1.24. The van der Waals surface area contributed by atoms with Gasteiger partial charge in [-0.25, -0.2) is 4.98 Å². The molecular weight excluding hydrogens is 408 g/mol. The number of aryl methyl sites for hydroxylation is 1. The zero-order valence-electron chi connectivity index (χ0n) is 16.7. The molecule has 3 aromatic carbocycles. The first-order chi connectivity index (χ1) is 15.2. The van der Waals surface area contributed by atoms with Crippen LogP contribution in [-0.2, 0) is 0 Å². The first kappa shape index (κ1) is 19.3. The quantitative estimate of drug-likeness (QED) is 0.282. The summed E-state index contributed by atoms with van der Waals surface area (Å²) in [6.07, 6.45) is 0. The number of H-pyrrole nitrogens is 1. The van der Waals surface area contributed by atoms with Crippen molar-refractivity contribution in [3.05, 3.63) is 83.9 Å². The highest BCUT2D eigenvalue weighted by molar-refractivity contribution is 7.99. The van der Waals surface area contributed by atoms with E-state index in [1.165, 1.54) is 17.3 Å². The number of rotatable bonds is 6. The van der Waals surface area contributed by atoms with Crippen LogP contribution in [0.2, 0.25) is 0 Å². The Morgan fingerprint density at radius 3 is 2.55 bits per heavy atom. The summed E-state index contributed by atoms with van der Waals surface area (Å²) in [5.41, 5.74) is 5.60. The van der Waals surface area contributed by atoms with Crippen LogP contribution >= 0.6 is 11.8 Å². The number of imidazole rings is 1. The van der Waals surface area contributed by atoms with Crippen LogP contribution in [0.5, 0.6) is 0 Å². The molecule has 0 aliphatic heterocycles. The molecule has 2 heterocycles. The molecular formula is C24H18N4O2S. The highest BCUT2D eigenvalue weighted by atomic mass is 32.2. The summed E-state index contributed by atoms with van der Waals surface area (Å²) in [6.45, 7) is 2.06. The number of benzene rings is 3. The van der Waals surface area contributed by atoms with Crippen molar-refractivity contribution in [2.24, 2.45) is 0 Å². The van der Waals surface area contributed by atoms with E-state index in [4.69, 9.17) is 4.42 Å². The fourth-order valence-electron chi connectivity index (χ4n) is 3.25. The van der Waals surface area contributed by atoms with Gasteiger partial charge in [-0.3, -0.25) is 4.79 Å². The SMILES string of the molecule is Cc1ccc2nc(-c3ccc(-c4nnc(SCC(=O)c5ccccc5)o4)cc3)[nH]c2c1. The normalized spacial score (nSPS) is 11.1. The van der Waals surface area contributed by atoms with Gasteiger partial charge in [0.2, 0.25) is 5.89 Å². The number of carbonyl (C=O) groups excluding carboxylic acids is 1. The van der Waals surface area contributed by atoms with Gasteiger partial charge in [0.1, 0.15) is 5.82 Å². The molecule has 31 heavy (non-hydrogen) atoms. The second kappa shape index (κ2) is 8.20. The second-order valence-corrected chi connectivity index (χ2v) is 8.06. The number of aromatic nitrogens is 4. The molecule has 7 heteroatoms. The third-order valence-corrected chi connectivity index (χ3v) is 5.69. The first-order valence-electron chi connectivity index (χ1n) is 9.77. The van der Waals surface area contributed by atoms with Crippen LogP contribution in [-0.4, -0.2) is 31.7 Å². The van der Waals surface area contributed by atoms with Crippen LogP contribution in [0.1, 0.15) is 15.9 Å². The van der Waals surface area contributed by atoms with Crippen LogP contribution in [0.3, 0.4) is 0 Å². The van der Waals surface area contributed by atoms with E-state index in [0.717, 1.165) is 28.0 Å². The van der Waals surface area contributed by atoms with Gasteiger partial charge in [0, 0.05) is 16.7 Å². The van der Waals surface area contributed by atoms with Crippen molar-refractivity contribution in [2.75, 3.05) is 5.75 Å². The predicted molar refractivity (Wildman–Crippen MR) is 121 cm³/mol. The Morgan fingerprint density at radius 1 is 0.968 bits per heavy atom. The number of fused-ring (bicyclic) bond motifs is 1. The van der Waals surface area contributed by atoms with Crippen molar-refractivity contribution in [1.82, 2.24) is 20.2 Å². The minimum Gasteiger partial charge on any atom is -0.411 e. The Kier molecular flexibility index (Phi) is 5.09. The molecule has 0 spiro atoms. The van der Waals surface area contributed by atoms with Gasteiger partial charge in [0.15, 0.2) is 5.78 Å². The number of Topliss-reactive ketones (excluding diaryl/α,β-unsaturated/α-hetero) is 1. The monoisotopic (exact) mass is 426 g/mol. The van der Waals surface area contributed by atoms with Crippen molar-refractivity contribution < 1.29 is 9.21 Å². The maximum Gasteiger partial charge on any atom is 0.277 e. The summed E-state index contributed by atoms with van der Waals surface area (Å²) in [4.78, 5) is 20.2. The van der Waals surface area contributed by atoms with Crippen LogP contribution in [0.25, 0.3) is 33.9 Å². The number of thioether (sulfide) groups is 1. The molecule has 0 bridgehead atoms. The number of aromatic amines is 1. The Bertz CT molecular complexity index is 1360. The predicted octanol–water partition coefficient (Wildman–Crippen LogP) is 5.56. The summed E-state index contributed by atoms with van der Waals surface area (Å²) in [7, 11) is 0. The highest BCUT2D eigenvalue weighted by Gasteiger charge is 2.13. The van der Waals surface area contributed by atoms with Crippen molar-refractivity contribution in [3.8, 4) is 22.8 Å². The van der Waals surface area contributed by atoms with Crippen LogP contribution in [0.15, 0.2) is 82.4 Å². The molecule has 6 nitrogen and oxygen atoms in total. The number of hydrogen-bond acceptors (Lipinski definition) is 6. The van der Waals surface area contributed by atoms with Gasteiger partial charge in [-0.15, -0.1) is 10.2 Å². The van der Waals surface area contributed by atoms with E-state index in [1.54, 1.807) is 12.1 Å². The van der Waals surface area contributed by atoms with Crippen molar-refractivity contribution in [1.29, 1.82) is 0 Å². The molecule has 1 N–H and O–H groups in total. The highest BCUT2D eigenvalue weighted by Crippen LogP contribution is 2.27. The zero-order valence-corrected chi connectivity index (χ0v) is 17.5. The number of nitrogens with one attached hydrogen (secondary N) is 1. The molecule has 0 radical (unpaired) electrons. The van der Waals surface area contributed by atoms with E-state index in [1.807, 2.05) is 48.5 Å². The molecule has 152 valence electrons. The molecule has 0 aliphatic rings. The molecule has 0 fully saturated rings. The lowest BCUT2D eigenvalue weighted by Crippen LogP contribution is -2.01. The molecule has 2 aromatic heterocycles. The van der Waals surface area contributed by atoms with Crippen molar-refractivity contribution in [2.45, 2.75) is 12.1 Å². The molecule has 0 amide bonds. The maximum absolute atomic E-state index is 12.2. The molecule has 0 atom stereocenters.